The number of aromatic nitrogens is 3. The van der Waals surface area contributed by atoms with Gasteiger partial charge in [0.05, 0.1) is 24.2 Å². The van der Waals surface area contributed by atoms with Gasteiger partial charge in [-0.05, 0) is 12.1 Å². The van der Waals surface area contributed by atoms with Gasteiger partial charge in [-0.2, -0.15) is 4.39 Å². The van der Waals surface area contributed by atoms with Gasteiger partial charge in [0.1, 0.15) is 10.8 Å². The molecular formula is C17H13F2N5OS. The first-order chi connectivity index (χ1) is 12.5. The average Bonchev–Trinajstić information content (AvgIpc) is 3.16. The third kappa shape index (κ3) is 4.06. The van der Waals surface area contributed by atoms with Gasteiger partial charge < -0.3 is 10.7 Å². The number of hydrogen-bond donors (Lipinski definition) is 2. The molecule has 132 valence electrons. The Kier molecular flexibility index (Phi) is 5.28. The maximum Gasteiger partial charge on any atom is 0.287 e. The van der Waals surface area contributed by atoms with Crippen LogP contribution in [0.5, 0.6) is 0 Å². The second kappa shape index (κ2) is 7.79. The Morgan fingerprint density at radius 1 is 1.27 bits per heavy atom. The van der Waals surface area contributed by atoms with Crippen molar-refractivity contribution < 1.29 is 8.78 Å². The van der Waals surface area contributed by atoms with E-state index in [0.717, 1.165) is 6.20 Å². The van der Waals surface area contributed by atoms with Crippen molar-refractivity contribution in [3.63, 3.8) is 0 Å². The number of allylic oxidation sites excluding steroid dienone is 1. The summed E-state index contributed by atoms with van der Waals surface area (Å²) in [6, 6.07) is 6.29. The molecule has 9 heteroatoms. The zero-order chi connectivity index (χ0) is 18.5. The van der Waals surface area contributed by atoms with Crippen LogP contribution in [0.1, 0.15) is 16.4 Å². The van der Waals surface area contributed by atoms with Crippen molar-refractivity contribution in [3.8, 4) is 0 Å². The summed E-state index contributed by atoms with van der Waals surface area (Å²) < 4.78 is 26.8. The van der Waals surface area contributed by atoms with Crippen LogP contribution >= 0.6 is 11.3 Å². The van der Waals surface area contributed by atoms with Crippen molar-refractivity contribution in [2.75, 3.05) is 0 Å². The van der Waals surface area contributed by atoms with Gasteiger partial charge in [-0.1, -0.05) is 18.2 Å². The van der Waals surface area contributed by atoms with Gasteiger partial charge in [-0.25, -0.2) is 14.4 Å². The predicted octanol–water partition coefficient (Wildman–Crippen LogP) is 2.49. The first kappa shape index (κ1) is 17.6. The molecule has 0 saturated carbocycles. The fourth-order valence-corrected chi connectivity index (χ4v) is 2.68. The predicted molar refractivity (Wildman–Crippen MR) is 95.7 cm³/mol. The summed E-state index contributed by atoms with van der Waals surface area (Å²) in [5.41, 5.74) is 5.91. The Morgan fingerprint density at radius 3 is 2.77 bits per heavy atom. The standard InChI is InChI=1S/C17H13F2N5OS/c18-11-4-2-1-3-10(11)8-22-14(17-21-5-6-26-17)7-13(20)15-23-9-12(19)16(25)24-15/h1-7,9H,8,20H2,(H,23,24,25)/b13-7-,22-14?. The molecule has 3 N–H and O–H groups in total. The number of rotatable bonds is 5. The van der Waals surface area contributed by atoms with E-state index >= 15 is 0 Å². The zero-order valence-corrected chi connectivity index (χ0v) is 14.1. The Balaban J connectivity index is 1.96. The minimum Gasteiger partial charge on any atom is -0.396 e. The van der Waals surface area contributed by atoms with Crippen LogP contribution < -0.4 is 11.3 Å². The zero-order valence-electron chi connectivity index (χ0n) is 13.3. The highest BCUT2D eigenvalue weighted by Crippen LogP contribution is 2.13. The van der Waals surface area contributed by atoms with E-state index in [1.807, 2.05) is 0 Å². The van der Waals surface area contributed by atoms with Crippen molar-refractivity contribution in [2.45, 2.75) is 6.54 Å². The van der Waals surface area contributed by atoms with Crippen LogP contribution in [-0.2, 0) is 6.54 Å². The van der Waals surface area contributed by atoms with Crippen molar-refractivity contribution in [3.05, 3.63) is 86.5 Å². The Hall–Kier alpha value is -3.20. The number of aliphatic imine (C=N–C) groups is 1. The highest BCUT2D eigenvalue weighted by atomic mass is 32.1. The smallest absolute Gasteiger partial charge is 0.287 e. The van der Waals surface area contributed by atoms with Gasteiger partial charge in [0.2, 0.25) is 5.82 Å². The van der Waals surface area contributed by atoms with Crippen LogP contribution in [-0.4, -0.2) is 20.7 Å². The molecule has 2 heterocycles. The van der Waals surface area contributed by atoms with E-state index in [9.17, 15) is 13.6 Å². The number of benzene rings is 1. The average molecular weight is 373 g/mol. The third-order valence-corrected chi connectivity index (χ3v) is 4.15. The molecule has 0 amide bonds. The second-order valence-corrected chi connectivity index (χ2v) is 6.03. The Labute approximate surface area is 150 Å². The maximum absolute atomic E-state index is 13.8. The summed E-state index contributed by atoms with van der Waals surface area (Å²) in [5.74, 6) is -1.36. The summed E-state index contributed by atoms with van der Waals surface area (Å²) in [5, 5.41) is 2.32. The first-order valence-corrected chi connectivity index (χ1v) is 8.32. The Morgan fingerprint density at radius 2 is 2.08 bits per heavy atom. The largest absolute Gasteiger partial charge is 0.396 e. The molecule has 1 aromatic carbocycles. The van der Waals surface area contributed by atoms with Crippen LogP contribution in [0.4, 0.5) is 8.78 Å². The molecule has 0 atom stereocenters. The molecule has 6 nitrogen and oxygen atoms in total. The van der Waals surface area contributed by atoms with Crippen molar-refractivity contribution >= 4 is 22.7 Å². The van der Waals surface area contributed by atoms with E-state index in [0.29, 0.717) is 16.3 Å². The molecule has 0 unspecified atom stereocenters. The molecule has 0 aliphatic carbocycles. The van der Waals surface area contributed by atoms with Crippen LogP contribution in [0.3, 0.4) is 0 Å². The molecule has 26 heavy (non-hydrogen) atoms. The van der Waals surface area contributed by atoms with E-state index in [4.69, 9.17) is 5.73 Å². The molecule has 0 aliphatic rings. The quantitative estimate of drug-likeness (QED) is 0.672. The number of nitrogens with one attached hydrogen (secondary N) is 1. The molecule has 3 aromatic rings. The molecule has 0 aliphatic heterocycles. The fraction of sp³-hybridized carbons (Fsp3) is 0.0588. The number of halogens is 2. The molecular weight excluding hydrogens is 360 g/mol. The molecule has 3 rings (SSSR count). The summed E-state index contributed by atoms with van der Waals surface area (Å²) in [7, 11) is 0. The molecule has 2 aromatic heterocycles. The Bertz CT molecular complexity index is 1030. The van der Waals surface area contributed by atoms with Crippen molar-refractivity contribution in [2.24, 2.45) is 10.7 Å². The molecule has 0 bridgehead atoms. The number of hydrogen-bond acceptors (Lipinski definition) is 6. The summed E-state index contributed by atoms with van der Waals surface area (Å²) >= 11 is 1.33. The van der Waals surface area contributed by atoms with Gasteiger partial charge in [0, 0.05) is 17.1 Å². The molecule has 0 fully saturated rings. The number of aromatic amines is 1. The highest BCUT2D eigenvalue weighted by Gasteiger charge is 2.09. The summed E-state index contributed by atoms with van der Waals surface area (Å²) in [6.45, 7) is 0.0821. The van der Waals surface area contributed by atoms with E-state index in [1.54, 1.807) is 29.8 Å². The van der Waals surface area contributed by atoms with Gasteiger partial charge in [-0.15, -0.1) is 11.3 Å². The fourth-order valence-electron chi connectivity index (χ4n) is 2.06. The lowest BCUT2D eigenvalue weighted by molar-refractivity contribution is 0.599. The number of nitrogens with zero attached hydrogens (tertiary/aromatic N) is 3. The molecule has 0 spiro atoms. The van der Waals surface area contributed by atoms with Crippen LogP contribution in [0.15, 0.2) is 57.9 Å². The van der Waals surface area contributed by atoms with Crippen molar-refractivity contribution in [1.29, 1.82) is 0 Å². The van der Waals surface area contributed by atoms with E-state index in [1.165, 1.54) is 23.5 Å². The monoisotopic (exact) mass is 373 g/mol. The van der Waals surface area contributed by atoms with Crippen molar-refractivity contribution in [1.82, 2.24) is 15.0 Å². The minimum absolute atomic E-state index is 0.00606. The first-order valence-electron chi connectivity index (χ1n) is 7.44. The lowest BCUT2D eigenvalue weighted by Crippen LogP contribution is -2.17. The van der Waals surface area contributed by atoms with Gasteiger partial charge in [0.15, 0.2) is 5.82 Å². The summed E-state index contributed by atoms with van der Waals surface area (Å²) in [6.07, 6.45) is 3.84. The van der Waals surface area contributed by atoms with Gasteiger partial charge in [0.25, 0.3) is 5.56 Å². The number of H-pyrrole nitrogens is 1. The minimum atomic E-state index is -1.00. The SMILES string of the molecule is N/C(=C\C(=NCc1ccccc1F)c1nccs1)c1ncc(F)c(=O)[nH]1. The third-order valence-electron chi connectivity index (χ3n) is 3.35. The topological polar surface area (TPSA) is 97.0 Å². The molecule has 0 saturated heterocycles. The number of nitrogens with two attached hydrogens (primary N) is 1. The van der Waals surface area contributed by atoms with Crippen LogP contribution in [0.25, 0.3) is 5.70 Å². The van der Waals surface area contributed by atoms with Gasteiger partial charge in [-0.3, -0.25) is 9.79 Å². The second-order valence-electron chi connectivity index (χ2n) is 5.14. The van der Waals surface area contributed by atoms with Gasteiger partial charge >= 0.3 is 0 Å². The van der Waals surface area contributed by atoms with Crippen LogP contribution in [0, 0.1) is 11.6 Å². The normalized spacial score (nSPS) is 12.4. The maximum atomic E-state index is 13.8. The van der Waals surface area contributed by atoms with E-state index in [2.05, 4.69) is 19.9 Å². The lowest BCUT2D eigenvalue weighted by Gasteiger charge is -2.04. The molecule has 0 radical (unpaired) electrons. The van der Waals surface area contributed by atoms with E-state index < -0.39 is 11.4 Å². The lowest BCUT2D eigenvalue weighted by atomic mass is 10.2. The summed E-state index contributed by atoms with van der Waals surface area (Å²) in [4.78, 5) is 25.9. The number of thiazole rings is 1. The highest BCUT2D eigenvalue weighted by molar-refractivity contribution is 7.11. The van der Waals surface area contributed by atoms with E-state index in [-0.39, 0.29) is 23.9 Å². The van der Waals surface area contributed by atoms with Crippen LogP contribution in [0.2, 0.25) is 0 Å².